The Morgan fingerprint density at radius 3 is 2.67 bits per heavy atom. The average Bonchev–Trinajstić information content (AvgIpc) is 3.15. The summed E-state index contributed by atoms with van der Waals surface area (Å²) in [5.74, 6) is 0.397. The Labute approximate surface area is 177 Å². The first-order chi connectivity index (χ1) is 14.4. The zero-order valence-corrected chi connectivity index (χ0v) is 17.5. The molecule has 0 radical (unpaired) electrons. The monoisotopic (exact) mass is 443 g/mol. The summed E-state index contributed by atoms with van der Waals surface area (Å²) in [6.45, 7) is 0.119. The molecule has 0 atom stereocenters. The molecule has 30 heavy (non-hydrogen) atoms. The summed E-state index contributed by atoms with van der Waals surface area (Å²) in [5, 5.41) is -0.395. The number of rotatable bonds is 5. The number of para-hydroxylation sites is 1. The molecule has 0 spiro atoms. The van der Waals surface area contributed by atoms with Crippen LogP contribution in [0.5, 0.6) is 5.75 Å². The fraction of sp³-hybridized carbons (Fsp3) is 0.150. The van der Waals surface area contributed by atoms with E-state index < -0.39 is 21.2 Å². The van der Waals surface area contributed by atoms with E-state index in [0.29, 0.717) is 21.8 Å². The van der Waals surface area contributed by atoms with Crippen molar-refractivity contribution in [1.29, 1.82) is 0 Å². The number of hydrogen-bond donors (Lipinski definition) is 1. The smallest absolute Gasteiger partial charge is 0.293 e. The zero-order chi connectivity index (χ0) is 21.3. The maximum atomic E-state index is 12.7. The van der Waals surface area contributed by atoms with Crippen LogP contribution in [-0.2, 0) is 14.8 Å². The van der Waals surface area contributed by atoms with Crippen LogP contribution < -0.4 is 9.46 Å². The molecule has 4 rings (SSSR count). The lowest BCUT2D eigenvalue weighted by Crippen LogP contribution is -2.31. The summed E-state index contributed by atoms with van der Waals surface area (Å²) < 4.78 is 31.9. The summed E-state index contributed by atoms with van der Waals surface area (Å²) in [5.41, 5.74) is 1.17. The molecule has 2 aromatic carbocycles. The third-order valence-electron chi connectivity index (χ3n) is 4.56. The van der Waals surface area contributed by atoms with Crippen molar-refractivity contribution in [2.24, 2.45) is 4.99 Å². The SMILES string of the molecule is COc1ccccc1/C=C1/SC(=O)N(CCN=C2NS(=O)(=O)c3ccccc32)C1=O. The van der Waals surface area contributed by atoms with Gasteiger partial charge in [0.05, 0.1) is 23.5 Å². The van der Waals surface area contributed by atoms with Gasteiger partial charge in [-0.2, -0.15) is 0 Å². The van der Waals surface area contributed by atoms with Gasteiger partial charge < -0.3 is 4.74 Å². The van der Waals surface area contributed by atoms with Crippen LogP contribution >= 0.6 is 11.8 Å². The number of amidine groups is 1. The van der Waals surface area contributed by atoms with Crippen LogP contribution in [0, 0.1) is 0 Å². The van der Waals surface area contributed by atoms with E-state index in [2.05, 4.69) is 9.71 Å². The number of fused-ring (bicyclic) bond motifs is 1. The Kier molecular flexibility index (Phi) is 5.35. The molecular weight excluding hydrogens is 426 g/mol. The number of carbonyl (C=O) groups is 2. The first-order valence-electron chi connectivity index (χ1n) is 8.96. The summed E-state index contributed by atoms with van der Waals surface area (Å²) in [7, 11) is -2.09. The van der Waals surface area contributed by atoms with E-state index >= 15 is 0 Å². The third kappa shape index (κ3) is 3.71. The minimum atomic E-state index is -3.63. The van der Waals surface area contributed by atoms with Crippen LogP contribution in [0.1, 0.15) is 11.1 Å². The van der Waals surface area contributed by atoms with Gasteiger partial charge in [-0.1, -0.05) is 30.3 Å². The molecule has 2 amide bonds. The van der Waals surface area contributed by atoms with E-state index in [1.165, 1.54) is 13.2 Å². The predicted molar refractivity (Wildman–Crippen MR) is 114 cm³/mol. The fourth-order valence-electron chi connectivity index (χ4n) is 3.13. The van der Waals surface area contributed by atoms with Crippen molar-refractivity contribution in [3.8, 4) is 5.75 Å². The Bertz CT molecular complexity index is 1200. The highest BCUT2D eigenvalue weighted by atomic mass is 32.2. The van der Waals surface area contributed by atoms with Crippen LogP contribution in [0.2, 0.25) is 0 Å². The minimum absolute atomic E-state index is 0.0430. The van der Waals surface area contributed by atoms with Gasteiger partial charge in [0.25, 0.3) is 21.2 Å². The molecule has 0 bridgehead atoms. The second kappa shape index (κ2) is 7.96. The number of aliphatic imine (C=N–C) groups is 1. The molecule has 0 aliphatic carbocycles. The molecule has 154 valence electrons. The number of methoxy groups -OCH3 is 1. The number of carbonyl (C=O) groups excluding carboxylic acids is 2. The average molecular weight is 444 g/mol. The van der Waals surface area contributed by atoms with Crippen molar-refractivity contribution in [1.82, 2.24) is 9.62 Å². The van der Waals surface area contributed by atoms with Gasteiger partial charge in [0.1, 0.15) is 11.6 Å². The van der Waals surface area contributed by atoms with Gasteiger partial charge in [-0.05, 0) is 36.0 Å². The maximum absolute atomic E-state index is 12.7. The number of amides is 2. The summed E-state index contributed by atoms with van der Waals surface area (Å²) in [6.07, 6.45) is 1.62. The number of nitrogens with one attached hydrogen (secondary N) is 1. The van der Waals surface area contributed by atoms with Gasteiger partial charge >= 0.3 is 0 Å². The van der Waals surface area contributed by atoms with Gasteiger partial charge in [0.15, 0.2) is 0 Å². The topological polar surface area (TPSA) is 105 Å². The van der Waals surface area contributed by atoms with Gasteiger partial charge in [0.2, 0.25) is 0 Å². The Hall–Kier alpha value is -3.11. The molecule has 10 heteroatoms. The lowest BCUT2D eigenvalue weighted by Gasteiger charge is -2.10. The first kappa shape index (κ1) is 20.2. The number of benzene rings is 2. The quantitative estimate of drug-likeness (QED) is 0.712. The van der Waals surface area contributed by atoms with E-state index in [1.807, 2.05) is 12.1 Å². The van der Waals surface area contributed by atoms with Crippen LogP contribution in [0.15, 0.2) is 63.3 Å². The largest absolute Gasteiger partial charge is 0.496 e. The normalized spacial score (nSPS) is 20.0. The Balaban J connectivity index is 1.49. The lowest BCUT2D eigenvalue weighted by atomic mass is 10.2. The van der Waals surface area contributed by atoms with E-state index in [4.69, 9.17) is 4.74 Å². The molecule has 2 aliphatic heterocycles. The molecule has 1 N–H and O–H groups in total. The molecule has 2 aromatic rings. The highest BCUT2D eigenvalue weighted by Crippen LogP contribution is 2.33. The number of sulfonamides is 1. The van der Waals surface area contributed by atoms with E-state index in [9.17, 15) is 18.0 Å². The van der Waals surface area contributed by atoms with Crippen molar-refractivity contribution in [3.05, 3.63) is 64.6 Å². The van der Waals surface area contributed by atoms with E-state index in [0.717, 1.165) is 16.7 Å². The van der Waals surface area contributed by atoms with Crippen molar-refractivity contribution in [2.75, 3.05) is 20.2 Å². The zero-order valence-electron chi connectivity index (χ0n) is 15.9. The minimum Gasteiger partial charge on any atom is -0.496 e. The van der Waals surface area contributed by atoms with Crippen molar-refractivity contribution < 1.29 is 22.7 Å². The second-order valence-corrected chi connectivity index (χ2v) is 9.05. The highest BCUT2D eigenvalue weighted by Gasteiger charge is 2.35. The molecule has 1 saturated heterocycles. The third-order valence-corrected chi connectivity index (χ3v) is 6.86. The Morgan fingerprint density at radius 1 is 1.13 bits per heavy atom. The summed E-state index contributed by atoms with van der Waals surface area (Å²) >= 11 is 0.850. The van der Waals surface area contributed by atoms with Crippen LogP contribution in [0.3, 0.4) is 0 Å². The molecule has 2 aliphatic rings. The number of imide groups is 1. The summed E-state index contributed by atoms with van der Waals surface area (Å²) in [4.78, 5) is 30.8. The number of hydrogen-bond acceptors (Lipinski definition) is 7. The van der Waals surface area contributed by atoms with Crippen LogP contribution in [-0.4, -0.2) is 50.5 Å². The highest BCUT2D eigenvalue weighted by molar-refractivity contribution is 8.18. The van der Waals surface area contributed by atoms with Crippen LogP contribution in [0.4, 0.5) is 4.79 Å². The van der Waals surface area contributed by atoms with E-state index in [1.54, 1.807) is 36.4 Å². The van der Waals surface area contributed by atoms with Crippen LogP contribution in [0.25, 0.3) is 6.08 Å². The van der Waals surface area contributed by atoms with Gasteiger partial charge in [-0.3, -0.25) is 24.2 Å². The molecule has 1 fully saturated rings. The fourth-order valence-corrected chi connectivity index (χ4v) is 5.24. The summed E-state index contributed by atoms with van der Waals surface area (Å²) in [6, 6.07) is 13.7. The lowest BCUT2D eigenvalue weighted by molar-refractivity contribution is -0.122. The predicted octanol–water partition coefficient (Wildman–Crippen LogP) is 2.47. The molecule has 0 unspecified atom stereocenters. The van der Waals surface area contributed by atoms with Gasteiger partial charge in [-0.15, -0.1) is 0 Å². The molecule has 2 heterocycles. The van der Waals surface area contributed by atoms with E-state index in [-0.39, 0.29) is 23.8 Å². The van der Waals surface area contributed by atoms with Crippen molar-refractivity contribution in [3.63, 3.8) is 0 Å². The standard InChI is InChI=1S/C20H17N3O5S2/c1-28-15-8-4-2-6-13(15)12-16-19(24)23(20(25)29-16)11-10-21-18-14-7-3-5-9-17(14)30(26,27)22-18/h2-9,12H,10-11H2,1H3,(H,21,22)/b16-12+. The first-order valence-corrected chi connectivity index (χ1v) is 11.3. The van der Waals surface area contributed by atoms with Gasteiger partial charge in [-0.25, -0.2) is 8.42 Å². The Morgan fingerprint density at radius 2 is 1.87 bits per heavy atom. The molecule has 0 aromatic heterocycles. The van der Waals surface area contributed by atoms with Crippen molar-refractivity contribution in [2.45, 2.75) is 4.90 Å². The maximum Gasteiger partial charge on any atom is 0.293 e. The number of ether oxygens (including phenoxy) is 1. The molecular formula is C20H17N3O5S2. The number of thioether (sulfide) groups is 1. The molecule has 0 saturated carbocycles. The van der Waals surface area contributed by atoms with Gasteiger partial charge in [0, 0.05) is 17.7 Å². The number of nitrogens with zero attached hydrogens (tertiary/aromatic N) is 2. The molecule has 8 nitrogen and oxygen atoms in total. The van der Waals surface area contributed by atoms with Crippen molar-refractivity contribution >= 4 is 44.8 Å². The second-order valence-electron chi connectivity index (χ2n) is 6.41.